The minimum atomic E-state index is -3.89. The second-order valence-electron chi connectivity index (χ2n) is 5.00. The van der Waals surface area contributed by atoms with Gasteiger partial charge in [0.15, 0.2) is 5.78 Å². The van der Waals surface area contributed by atoms with Gasteiger partial charge in [-0.05, 0) is 17.7 Å². The second-order valence-corrected chi connectivity index (χ2v) is 6.68. The van der Waals surface area contributed by atoms with Crippen molar-refractivity contribution < 1.29 is 13.2 Å². The third kappa shape index (κ3) is 2.39. The van der Waals surface area contributed by atoms with E-state index in [4.69, 9.17) is 5.84 Å². The van der Waals surface area contributed by atoms with Crippen LogP contribution < -0.4 is 16.0 Å². The molecule has 3 rings (SSSR count). The van der Waals surface area contributed by atoms with Crippen molar-refractivity contribution in [3.63, 3.8) is 0 Å². The lowest BCUT2D eigenvalue weighted by Gasteiger charge is -2.13. The van der Waals surface area contributed by atoms with Crippen LogP contribution in [0, 0.1) is 0 Å². The molecule has 7 heteroatoms. The average Bonchev–Trinajstić information content (AvgIpc) is 2.98. The summed E-state index contributed by atoms with van der Waals surface area (Å²) in [5, 5.41) is 3.16. The molecule has 1 unspecified atom stereocenters. The van der Waals surface area contributed by atoms with E-state index < -0.39 is 15.9 Å². The van der Waals surface area contributed by atoms with E-state index in [9.17, 15) is 13.2 Å². The van der Waals surface area contributed by atoms with E-state index in [1.54, 1.807) is 17.0 Å². The van der Waals surface area contributed by atoms with Gasteiger partial charge < -0.3 is 5.32 Å². The van der Waals surface area contributed by atoms with Crippen molar-refractivity contribution in [3.8, 4) is 0 Å². The number of hydrazine groups is 1. The van der Waals surface area contributed by atoms with Crippen molar-refractivity contribution in [2.24, 2.45) is 5.84 Å². The molecule has 0 fully saturated rings. The topological polar surface area (TPSA) is 101 Å². The smallest absolute Gasteiger partial charge is 0.253 e. The number of anilines is 1. The first kappa shape index (κ1) is 14.7. The Morgan fingerprint density at radius 2 is 1.82 bits per heavy atom. The van der Waals surface area contributed by atoms with Crippen LogP contribution in [-0.2, 0) is 10.0 Å². The number of benzene rings is 2. The molecule has 2 aromatic carbocycles. The number of rotatable bonds is 4. The van der Waals surface area contributed by atoms with Gasteiger partial charge in [0.2, 0.25) is 0 Å². The summed E-state index contributed by atoms with van der Waals surface area (Å²) in [6, 6.07) is 13.6. The Morgan fingerprint density at radius 1 is 1.14 bits per heavy atom. The molecule has 0 bridgehead atoms. The second kappa shape index (κ2) is 5.53. The lowest BCUT2D eigenvalue weighted by Crippen LogP contribution is -2.32. The quantitative estimate of drug-likeness (QED) is 0.447. The van der Waals surface area contributed by atoms with Gasteiger partial charge in [-0.2, -0.15) is 4.83 Å². The largest absolute Gasteiger partial charge is 0.384 e. The summed E-state index contributed by atoms with van der Waals surface area (Å²) in [4.78, 5) is 14.5. The number of carbonyl (C=O) groups is 1. The van der Waals surface area contributed by atoms with E-state index in [1.165, 1.54) is 12.1 Å². The van der Waals surface area contributed by atoms with Gasteiger partial charge >= 0.3 is 0 Å². The standard InChI is InChI=1S/C15H15N3O3S/c16-18-22(20,21)14-8-4-2-6-11(14)15(19)12-9-17-13-7-3-1-5-10(12)13/h1-8,12,17-18H,9,16H2. The molecular formula is C15H15N3O3S. The van der Waals surface area contributed by atoms with E-state index in [2.05, 4.69) is 5.32 Å². The van der Waals surface area contributed by atoms with Crippen molar-refractivity contribution in [3.05, 3.63) is 59.7 Å². The predicted molar refractivity (Wildman–Crippen MR) is 83.0 cm³/mol. The van der Waals surface area contributed by atoms with Gasteiger partial charge in [0, 0.05) is 17.8 Å². The van der Waals surface area contributed by atoms with Crippen LogP contribution in [0.25, 0.3) is 0 Å². The Bertz CT molecular complexity index is 833. The van der Waals surface area contributed by atoms with Gasteiger partial charge in [-0.1, -0.05) is 36.4 Å². The fourth-order valence-corrected chi connectivity index (χ4v) is 3.52. The number of para-hydroxylation sites is 1. The molecule has 0 saturated heterocycles. The molecule has 22 heavy (non-hydrogen) atoms. The molecule has 1 aliphatic heterocycles. The van der Waals surface area contributed by atoms with E-state index >= 15 is 0 Å². The number of nitrogens with two attached hydrogens (primary N) is 1. The Hall–Kier alpha value is -2.22. The third-order valence-electron chi connectivity index (χ3n) is 3.75. The molecular weight excluding hydrogens is 302 g/mol. The van der Waals surface area contributed by atoms with E-state index in [-0.39, 0.29) is 16.2 Å². The fourth-order valence-electron chi connectivity index (χ4n) is 2.67. The zero-order chi connectivity index (χ0) is 15.7. The number of carbonyl (C=O) groups excluding carboxylic acids is 1. The van der Waals surface area contributed by atoms with E-state index in [0.29, 0.717) is 6.54 Å². The molecule has 1 atom stereocenters. The number of Topliss-reactive ketones (excluding diaryl/α,β-unsaturated/α-hetero) is 1. The van der Waals surface area contributed by atoms with Crippen LogP contribution in [-0.4, -0.2) is 20.7 Å². The third-order valence-corrected chi connectivity index (χ3v) is 4.99. The van der Waals surface area contributed by atoms with Crippen molar-refractivity contribution >= 4 is 21.5 Å². The first-order chi connectivity index (χ1) is 10.5. The zero-order valence-corrected chi connectivity index (χ0v) is 12.4. The number of sulfonamides is 1. The molecule has 114 valence electrons. The van der Waals surface area contributed by atoms with Gasteiger partial charge in [0.05, 0.1) is 10.8 Å². The van der Waals surface area contributed by atoms with Crippen LogP contribution in [0.1, 0.15) is 21.8 Å². The van der Waals surface area contributed by atoms with Gasteiger partial charge in [0.25, 0.3) is 10.0 Å². The van der Waals surface area contributed by atoms with E-state index in [0.717, 1.165) is 11.3 Å². The van der Waals surface area contributed by atoms with E-state index in [1.807, 2.05) is 24.3 Å². The Kier molecular flexibility index (Phi) is 3.69. The number of hydrogen-bond acceptors (Lipinski definition) is 5. The van der Waals surface area contributed by atoms with Gasteiger partial charge in [-0.25, -0.2) is 8.42 Å². The van der Waals surface area contributed by atoms with Gasteiger partial charge in [0.1, 0.15) is 0 Å². The molecule has 0 aliphatic carbocycles. The summed E-state index contributed by atoms with van der Waals surface area (Å²) < 4.78 is 24.0. The molecule has 1 heterocycles. The van der Waals surface area contributed by atoms with Crippen molar-refractivity contribution in [1.29, 1.82) is 0 Å². The van der Waals surface area contributed by atoms with Crippen molar-refractivity contribution in [1.82, 2.24) is 4.83 Å². The lowest BCUT2D eigenvalue weighted by atomic mass is 9.92. The highest BCUT2D eigenvalue weighted by molar-refractivity contribution is 7.89. The van der Waals surface area contributed by atoms with Gasteiger partial charge in [-0.3, -0.25) is 10.6 Å². The molecule has 6 nitrogen and oxygen atoms in total. The van der Waals surface area contributed by atoms with Gasteiger partial charge in [-0.15, -0.1) is 0 Å². The number of nitrogens with one attached hydrogen (secondary N) is 2. The van der Waals surface area contributed by atoms with Crippen LogP contribution in [0.2, 0.25) is 0 Å². The monoisotopic (exact) mass is 317 g/mol. The molecule has 0 saturated carbocycles. The summed E-state index contributed by atoms with van der Waals surface area (Å²) in [7, 11) is -3.89. The summed E-state index contributed by atoms with van der Waals surface area (Å²) in [5.41, 5.74) is 1.92. The number of hydrogen-bond donors (Lipinski definition) is 3. The SMILES string of the molecule is NNS(=O)(=O)c1ccccc1C(=O)C1CNc2ccccc21. The molecule has 1 aliphatic rings. The first-order valence-corrected chi connectivity index (χ1v) is 8.21. The molecule has 0 amide bonds. The Morgan fingerprint density at radius 3 is 2.59 bits per heavy atom. The zero-order valence-electron chi connectivity index (χ0n) is 11.6. The molecule has 4 N–H and O–H groups in total. The average molecular weight is 317 g/mol. The predicted octanol–water partition coefficient (Wildman–Crippen LogP) is 1.23. The highest BCUT2D eigenvalue weighted by atomic mass is 32.2. The summed E-state index contributed by atoms with van der Waals surface area (Å²) in [6.07, 6.45) is 0. The molecule has 0 spiro atoms. The van der Waals surface area contributed by atoms with Crippen LogP contribution in [0.5, 0.6) is 0 Å². The van der Waals surface area contributed by atoms with Crippen LogP contribution >= 0.6 is 0 Å². The molecule has 0 aromatic heterocycles. The minimum absolute atomic E-state index is 0.105. The summed E-state index contributed by atoms with van der Waals surface area (Å²) >= 11 is 0. The van der Waals surface area contributed by atoms with Crippen LogP contribution in [0.15, 0.2) is 53.4 Å². The van der Waals surface area contributed by atoms with Crippen LogP contribution in [0.3, 0.4) is 0 Å². The lowest BCUT2D eigenvalue weighted by molar-refractivity contribution is 0.0963. The summed E-state index contributed by atoms with van der Waals surface area (Å²) in [6.45, 7) is 0.447. The van der Waals surface area contributed by atoms with Crippen LogP contribution in [0.4, 0.5) is 5.69 Å². The minimum Gasteiger partial charge on any atom is -0.384 e. The first-order valence-electron chi connectivity index (χ1n) is 6.73. The van der Waals surface area contributed by atoms with Crippen molar-refractivity contribution in [2.45, 2.75) is 10.8 Å². The number of ketones is 1. The normalized spacial score (nSPS) is 16.9. The maximum atomic E-state index is 12.8. The molecule has 2 aromatic rings. The molecule has 0 radical (unpaired) electrons. The van der Waals surface area contributed by atoms with Crippen molar-refractivity contribution in [2.75, 3.05) is 11.9 Å². The highest BCUT2D eigenvalue weighted by Crippen LogP contribution is 2.34. The maximum Gasteiger partial charge on any atom is 0.253 e. The highest BCUT2D eigenvalue weighted by Gasteiger charge is 2.32. The Balaban J connectivity index is 2.05. The Labute approximate surface area is 128 Å². The maximum absolute atomic E-state index is 12.8. The number of fused-ring (bicyclic) bond motifs is 1. The summed E-state index contributed by atoms with van der Waals surface area (Å²) in [5.74, 6) is 4.42. The fraction of sp³-hybridized carbons (Fsp3) is 0.133.